The molecule has 3 rings (SSSR count). The molecule has 0 aliphatic heterocycles. The fourth-order valence-electron chi connectivity index (χ4n) is 1.81. The number of aromatic nitrogens is 3. The molecule has 0 atom stereocenters. The highest BCUT2D eigenvalue weighted by molar-refractivity contribution is 5.87. The second kappa shape index (κ2) is 5.49. The van der Waals surface area contributed by atoms with E-state index in [1.807, 2.05) is 24.4 Å². The highest BCUT2D eigenvalue weighted by atomic mass is 16.4. The minimum atomic E-state index is -1.00. The zero-order chi connectivity index (χ0) is 14.7. The highest BCUT2D eigenvalue weighted by Crippen LogP contribution is 2.13. The number of carboxylic acid groups (broad SMARTS) is 1. The van der Waals surface area contributed by atoms with Gasteiger partial charge >= 0.3 is 5.97 Å². The molecule has 3 aromatic rings. The first-order chi connectivity index (χ1) is 10.2. The fourth-order valence-corrected chi connectivity index (χ4v) is 1.81. The van der Waals surface area contributed by atoms with Crippen LogP contribution in [0.15, 0.2) is 53.5 Å². The average molecular weight is 284 g/mol. The number of rotatable bonds is 5. The lowest BCUT2D eigenvalue weighted by Crippen LogP contribution is -2.01. The zero-order valence-electron chi connectivity index (χ0n) is 10.9. The Kier molecular flexibility index (Phi) is 3.38. The summed E-state index contributed by atoms with van der Waals surface area (Å²) < 4.78 is 6.81. The van der Waals surface area contributed by atoms with E-state index in [9.17, 15) is 4.79 Å². The van der Waals surface area contributed by atoms with Crippen molar-refractivity contribution in [2.24, 2.45) is 0 Å². The maximum atomic E-state index is 10.7. The summed E-state index contributed by atoms with van der Waals surface area (Å²) in [7, 11) is 0. The van der Waals surface area contributed by atoms with Gasteiger partial charge in [0.1, 0.15) is 12.0 Å². The lowest BCUT2D eigenvalue weighted by molar-refractivity contribution is 0.0696. The first-order valence-corrected chi connectivity index (χ1v) is 6.23. The molecule has 21 heavy (non-hydrogen) atoms. The molecule has 0 saturated heterocycles. The molecule has 0 fully saturated rings. The van der Waals surface area contributed by atoms with Gasteiger partial charge in [-0.3, -0.25) is 0 Å². The molecule has 2 N–H and O–H groups in total. The van der Waals surface area contributed by atoms with Crippen LogP contribution in [0.4, 0.5) is 5.69 Å². The molecule has 0 radical (unpaired) electrons. The van der Waals surface area contributed by atoms with Gasteiger partial charge in [-0.2, -0.15) is 5.10 Å². The van der Waals surface area contributed by atoms with E-state index in [2.05, 4.69) is 15.4 Å². The number of nitrogens with zero attached hydrogens (tertiary/aromatic N) is 3. The molecule has 3 heterocycles. The molecule has 0 aliphatic rings. The average Bonchev–Trinajstić information content (AvgIpc) is 3.17. The molecule has 0 aliphatic carbocycles. The third-order valence-electron chi connectivity index (χ3n) is 2.85. The van der Waals surface area contributed by atoms with Crippen LogP contribution < -0.4 is 5.32 Å². The lowest BCUT2D eigenvalue weighted by Gasteiger charge is -2.05. The summed E-state index contributed by atoms with van der Waals surface area (Å²) in [6.07, 6.45) is 6.40. The van der Waals surface area contributed by atoms with Gasteiger partial charge in [0.15, 0.2) is 5.82 Å². The van der Waals surface area contributed by atoms with E-state index in [-0.39, 0.29) is 5.56 Å². The second-order valence-electron chi connectivity index (χ2n) is 4.32. The van der Waals surface area contributed by atoms with Crippen LogP contribution in [0.5, 0.6) is 0 Å². The predicted molar refractivity (Wildman–Crippen MR) is 74.4 cm³/mol. The number of nitrogens with one attached hydrogen (secondary N) is 1. The molecule has 0 saturated carbocycles. The van der Waals surface area contributed by atoms with Crippen molar-refractivity contribution in [3.63, 3.8) is 0 Å². The van der Waals surface area contributed by atoms with Gasteiger partial charge in [0, 0.05) is 12.4 Å². The molecule has 3 aromatic heterocycles. The van der Waals surface area contributed by atoms with Gasteiger partial charge in [0.25, 0.3) is 0 Å². The molecule has 0 amide bonds. The lowest BCUT2D eigenvalue weighted by atomic mass is 10.3. The van der Waals surface area contributed by atoms with E-state index < -0.39 is 5.97 Å². The zero-order valence-corrected chi connectivity index (χ0v) is 10.9. The number of pyridine rings is 1. The summed E-state index contributed by atoms with van der Waals surface area (Å²) in [5, 5.41) is 16.0. The van der Waals surface area contributed by atoms with Crippen molar-refractivity contribution in [2.75, 3.05) is 5.32 Å². The van der Waals surface area contributed by atoms with Crippen LogP contribution >= 0.6 is 0 Å². The Morgan fingerprint density at radius 2 is 2.33 bits per heavy atom. The third kappa shape index (κ3) is 2.92. The maximum Gasteiger partial charge on any atom is 0.338 e. The molecular formula is C14H12N4O3. The monoisotopic (exact) mass is 284 g/mol. The van der Waals surface area contributed by atoms with Crippen LogP contribution in [-0.4, -0.2) is 25.8 Å². The van der Waals surface area contributed by atoms with Crippen LogP contribution in [0.1, 0.15) is 16.1 Å². The van der Waals surface area contributed by atoms with Crippen LogP contribution in [0, 0.1) is 0 Å². The molecule has 106 valence electrons. The Bertz CT molecular complexity index is 732. The van der Waals surface area contributed by atoms with Crippen molar-refractivity contribution in [1.82, 2.24) is 14.8 Å². The van der Waals surface area contributed by atoms with Gasteiger partial charge in [-0.1, -0.05) is 0 Å². The maximum absolute atomic E-state index is 10.7. The quantitative estimate of drug-likeness (QED) is 0.745. The molecule has 0 aromatic carbocycles. The summed E-state index contributed by atoms with van der Waals surface area (Å²) in [5.74, 6) is 0.260. The molecule has 0 bridgehead atoms. The van der Waals surface area contributed by atoms with Crippen molar-refractivity contribution in [1.29, 1.82) is 0 Å². The molecule has 0 unspecified atom stereocenters. The van der Waals surface area contributed by atoms with Crippen LogP contribution in [-0.2, 0) is 6.54 Å². The molecule has 7 nitrogen and oxygen atoms in total. The largest absolute Gasteiger partial charge is 0.478 e. The van der Waals surface area contributed by atoms with Gasteiger partial charge < -0.3 is 14.8 Å². The number of anilines is 1. The topological polar surface area (TPSA) is 93.2 Å². The van der Waals surface area contributed by atoms with E-state index in [4.69, 9.17) is 9.52 Å². The summed E-state index contributed by atoms with van der Waals surface area (Å²) >= 11 is 0. The number of hydrogen-bond donors (Lipinski definition) is 2. The Morgan fingerprint density at radius 3 is 2.95 bits per heavy atom. The van der Waals surface area contributed by atoms with Gasteiger partial charge in [-0.05, 0) is 24.3 Å². The van der Waals surface area contributed by atoms with Crippen molar-refractivity contribution in [3.8, 4) is 5.82 Å². The highest BCUT2D eigenvalue weighted by Gasteiger charge is 2.08. The van der Waals surface area contributed by atoms with Crippen molar-refractivity contribution >= 4 is 11.7 Å². The van der Waals surface area contributed by atoms with E-state index in [0.29, 0.717) is 12.3 Å². The minimum absolute atomic E-state index is 0.138. The normalized spacial score (nSPS) is 10.5. The summed E-state index contributed by atoms with van der Waals surface area (Å²) in [6.45, 7) is 0.385. The summed E-state index contributed by atoms with van der Waals surface area (Å²) in [5.41, 5.74) is 0.943. The fraction of sp³-hybridized carbons (Fsp3) is 0.0714. The van der Waals surface area contributed by atoms with Gasteiger partial charge in [-0.25, -0.2) is 14.5 Å². The molecule has 7 heteroatoms. The van der Waals surface area contributed by atoms with Crippen LogP contribution in [0.3, 0.4) is 0 Å². The van der Waals surface area contributed by atoms with E-state index in [0.717, 1.165) is 11.5 Å². The predicted octanol–water partition coefficient (Wildman–Crippen LogP) is 2.17. The Balaban J connectivity index is 1.64. The van der Waals surface area contributed by atoms with E-state index in [1.54, 1.807) is 17.1 Å². The Labute approximate surface area is 119 Å². The second-order valence-corrected chi connectivity index (χ2v) is 4.32. The van der Waals surface area contributed by atoms with Gasteiger partial charge in [-0.15, -0.1) is 0 Å². The SMILES string of the molecule is O=C(O)c1coc(CNc2ccc(-n3cccn3)nc2)c1. The van der Waals surface area contributed by atoms with E-state index >= 15 is 0 Å². The number of carbonyl (C=O) groups is 1. The molecular weight excluding hydrogens is 272 g/mol. The number of carboxylic acids is 1. The smallest absolute Gasteiger partial charge is 0.338 e. The third-order valence-corrected chi connectivity index (χ3v) is 2.85. The van der Waals surface area contributed by atoms with E-state index in [1.165, 1.54) is 12.3 Å². The minimum Gasteiger partial charge on any atom is -0.478 e. The van der Waals surface area contributed by atoms with Crippen molar-refractivity contribution in [3.05, 3.63) is 60.4 Å². The van der Waals surface area contributed by atoms with Gasteiger partial charge in [0.2, 0.25) is 0 Å². The first-order valence-electron chi connectivity index (χ1n) is 6.23. The number of furan rings is 1. The first kappa shape index (κ1) is 12.9. The summed E-state index contributed by atoms with van der Waals surface area (Å²) in [4.78, 5) is 15.0. The van der Waals surface area contributed by atoms with Crippen LogP contribution in [0.25, 0.3) is 5.82 Å². The van der Waals surface area contributed by atoms with Crippen LogP contribution in [0.2, 0.25) is 0 Å². The van der Waals surface area contributed by atoms with Crippen molar-refractivity contribution < 1.29 is 14.3 Å². The van der Waals surface area contributed by atoms with Crippen molar-refractivity contribution in [2.45, 2.75) is 6.54 Å². The summed E-state index contributed by atoms with van der Waals surface area (Å²) in [6, 6.07) is 7.01. The Morgan fingerprint density at radius 1 is 1.43 bits per heavy atom. The number of aromatic carboxylic acids is 1. The number of hydrogen-bond acceptors (Lipinski definition) is 5. The standard InChI is InChI=1S/C14H12N4O3/c19-14(20)10-6-12(21-9-10)8-15-11-2-3-13(16-7-11)18-5-1-4-17-18/h1-7,9,15H,8H2,(H,19,20). The molecule has 0 spiro atoms. The van der Waals surface area contributed by atoms with Gasteiger partial charge in [0.05, 0.1) is 24.0 Å². The Hall–Kier alpha value is -3.09.